The highest BCUT2D eigenvalue weighted by molar-refractivity contribution is 6.31. The van der Waals surface area contributed by atoms with Gasteiger partial charge in [-0.15, -0.1) is 10.2 Å². The second-order valence-corrected chi connectivity index (χ2v) is 5.00. The first-order valence-electron chi connectivity index (χ1n) is 6.75. The summed E-state index contributed by atoms with van der Waals surface area (Å²) >= 11 is 6.03. The largest absolute Gasteiger partial charge is 0.383 e. The second-order valence-electron chi connectivity index (χ2n) is 4.59. The van der Waals surface area contributed by atoms with Crippen molar-refractivity contribution in [2.45, 2.75) is 6.92 Å². The quantitative estimate of drug-likeness (QED) is 0.800. The Hall–Kier alpha value is -2.18. The molecule has 0 bridgehead atoms. The van der Waals surface area contributed by atoms with Gasteiger partial charge in [-0.1, -0.05) is 17.7 Å². The van der Waals surface area contributed by atoms with Crippen LogP contribution in [0.4, 0.5) is 11.5 Å². The van der Waals surface area contributed by atoms with Gasteiger partial charge >= 0.3 is 0 Å². The van der Waals surface area contributed by atoms with Gasteiger partial charge in [-0.2, -0.15) is 0 Å². The Morgan fingerprint density at radius 3 is 2.77 bits per heavy atom. The number of amides is 1. The van der Waals surface area contributed by atoms with E-state index >= 15 is 0 Å². The van der Waals surface area contributed by atoms with E-state index in [0.717, 1.165) is 5.56 Å². The fourth-order valence-corrected chi connectivity index (χ4v) is 1.93. The van der Waals surface area contributed by atoms with Gasteiger partial charge in [-0.05, 0) is 36.8 Å². The van der Waals surface area contributed by atoms with Crippen molar-refractivity contribution in [3.8, 4) is 0 Å². The predicted octanol–water partition coefficient (Wildman–Crippen LogP) is 2.75. The topological polar surface area (TPSA) is 76.1 Å². The lowest BCUT2D eigenvalue weighted by Gasteiger charge is -2.09. The number of ether oxygens (including phenoxy) is 1. The van der Waals surface area contributed by atoms with Crippen molar-refractivity contribution in [2.75, 3.05) is 30.9 Å². The van der Waals surface area contributed by atoms with Gasteiger partial charge in [0.05, 0.1) is 6.61 Å². The number of methoxy groups -OCH3 is 1. The maximum atomic E-state index is 12.2. The molecule has 7 heteroatoms. The summed E-state index contributed by atoms with van der Waals surface area (Å²) in [5.41, 5.74) is 1.70. The first-order valence-corrected chi connectivity index (χ1v) is 7.12. The second kappa shape index (κ2) is 7.72. The number of nitrogens with zero attached hydrogens (tertiary/aromatic N) is 2. The average Bonchev–Trinajstić information content (AvgIpc) is 2.53. The summed E-state index contributed by atoms with van der Waals surface area (Å²) in [6.07, 6.45) is 0. The molecule has 2 rings (SSSR count). The van der Waals surface area contributed by atoms with Crippen LogP contribution in [0.25, 0.3) is 0 Å². The zero-order chi connectivity index (χ0) is 15.9. The summed E-state index contributed by atoms with van der Waals surface area (Å²) in [5, 5.41) is 14.3. The van der Waals surface area contributed by atoms with Gasteiger partial charge in [-0.3, -0.25) is 4.79 Å². The summed E-state index contributed by atoms with van der Waals surface area (Å²) in [6.45, 7) is 3.03. The van der Waals surface area contributed by atoms with Crippen molar-refractivity contribution in [3.63, 3.8) is 0 Å². The molecular weight excluding hydrogens is 304 g/mol. The fraction of sp³-hybridized carbons (Fsp3) is 0.267. The number of aromatic nitrogens is 2. The smallest absolute Gasteiger partial charge is 0.276 e. The molecule has 1 aromatic carbocycles. The van der Waals surface area contributed by atoms with E-state index in [1.165, 1.54) is 0 Å². The normalized spacial score (nSPS) is 10.3. The molecule has 1 amide bonds. The number of anilines is 2. The Kier molecular flexibility index (Phi) is 5.68. The molecule has 1 heterocycles. The van der Waals surface area contributed by atoms with Gasteiger partial charge in [0.2, 0.25) is 0 Å². The van der Waals surface area contributed by atoms with Crippen LogP contribution in [0.5, 0.6) is 0 Å². The molecule has 116 valence electrons. The number of benzene rings is 1. The van der Waals surface area contributed by atoms with Crippen LogP contribution in [-0.2, 0) is 4.74 Å². The van der Waals surface area contributed by atoms with Crippen molar-refractivity contribution >= 4 is 29.0 Å². The first kappa shape index (κ1) is 16.2. The van der Waals surface area contributed by atoms with Gasteiger partial charge in [0, 0.05) is 24.4 Å². The summed E-state index contributed by atoms with van der Waals surface area (Å²) < 4.78 is 4.93. The number of hydrogen-bond donors (Lipinski definition) is 2. The lowest BCUT2D eigenvalue weighted by Crippen LogP contribution is -2.16. The zero-order valence-electron chi connectivity index (χ0n) is 12.4. The molecule has 0 saturated heterocycles. The summed E-state index contributed by atoms with van der Waals surface area (Å²) in [4.78, 5) is 12.2. The molecule has 0 aliphatic heterocycles. The minimum atomic E-state index is -0.332. The van der Waals surface area contributed by atoms with Crippen LogP contribution in [0.1, 0.15) is 16.1 Å². The molecule has 0 unspecified atom stereocenters. The standard InChI is InChI=1S/C15H17ClN4O2/c1-10-11(16)4-3-5-12(10)18-15(21)13-6-7-14(20-19-13)17-8-9-22-2/h3-7H,8-9H2,1-2H3,(H,17,20)(H,18,21). The zero-order valence-corrected chi connectivity index (χ0v) is 13.1. The van der Waals surface area contributed by atoms with E-state index < -0.39 is 0 Å². The van der Waals surface area contributed by atoms with E-state index in [2.05, 4.69) is 20.8 Å². The van der Waals surface area contributed by atoms with Gasteiger partial charge in [0.15, 0.2) is 5.69 Å². The third kappa shape index (κ3) is 4.16. The Morgan fingerprint density at radius 1 is 1.27 bits per heavy atom. The number of carbonyl (C=O) groups is 1. The predicted molar refractivity (Wildman–Crippen MR) is 86.5 cm³/mol. The molecule has 2 N–H and O–H groups in total. The van der Waals surface area contributed by atoms with Gasteiger partial charge in [-0.25, -0.2) is 0 Å². The van der Waals surface area contributed by atoms with E-state index in [1.54, 1.807) is 37.4 Å². The molecule has 0 atom stereocenters. The van der Waals surface area contributed by atoms with Crippen molar-refractivity contribution < 1.29 is 9.53 Å². The van der Waals surface area contributed by atoms with Crippen LogP contribution in [0, 0.1) is 6.92 Å². The van der Waals surface area contributed by atoms with E-state index in [-0.39, 0.29) is 11.6 Å². The highest BCUT2D eigenvalue weighted by Crippen LogP contribution is 2.23. The fourth-order valence-electron chi connectivity index (χ4n) is 1.76. The highest BCUT2D eigenvalue weighted by Gasteiger charge is 2.11. The Morgan fingerprint density at radius 2 is 2.09 bits per heavy atom. The Bertz CT molecular complexity index is 646. The number of nitrogens with one attached hydrogen (secondary N) is 2. The summed E-state index contributed by atoms with van der Waals surface area (Å²) in [6, 6.07) is 8.64. The molecule has 0 radical (unpaired) electrons. The first-order chi connectivity index (χ1) is 10.6. The van der Waals surface area contributed by atoms with Crippen LogP contribution in [0.2, 0.25) is 5.02 Å². The molecule has 1 aromatic heterocycles. The van der Waals surface area contributed by atoms with E-state index in [0.29, 0.717) is 29.7 Å². The summed E-state index contributed by atoms with van der Waals surface area (Å²) in [7, 11) is 1.62. The molecule has 22 heavy (non-hydrogen) atoms. The number of halogens is 1. The van der Waals surface area contributed by atoms with Gasteiger partial charge in [0.1, 0.15) is 5.82 Å². The van der Waals surface area contributed by atoms with Gasteiger partial charge in [0.25, 0.3) is 5.91 Å². The average molecular weight is 321 g/mol. The van der Waals surface area contributed by atoms with Crippen LogP contribution < -0.4 is 10.6 Å². The third-order valence-electron chi connectivity index (χ3n) is 3.03. The van der Waals surface area contributed by atoms with E-state index in [9.17, 15) is 4.79 Å². The monoisotopic (exact) mass is 320 g/mol. The Balaban J connectivity index is 2.02. The van der Waals surface area contributed by atoms with Crippen molar-refractivity contribution in [1.29, 1.82) is 0 Å². The van der Waals surface area contributed by atoms with E-state index in [4.69, 9.17) is 16.3 Å². The van der Waals surface area contributed by atoms with Crippen molar-refractivity contribution in [2.24, 2.45) is 0 Å². The van der Waals surface area contributed by atoms with Crippen LogP contribution in [0.15, 0.2) is 30.3 Å². The van der Waals surface area contributed by atoms with E-state index in [1.807, 2.05) is 6.92 Å². The van der Waals surface area contributed by atoms with Crippen molar-refractivity contribution in [1.82, 2.24) is 10.2 Å². The van der Waals surface area contributed by atoms with Gasteiger partial charge < -0.3 is 15.4 Å². The molecule has 0 aliphatic carbocycles. The number of rotatable bonds is 6. The summed E-state index contributed by atoms with van der Waals surface area (Å²) in [5.74, 6) is 0.258. The lowest BCUT2D eigenvalue weighted by atomic mass is 10.2. The number of carbonyl (C=O) groups excluding carboxylic acids is 1. The lowest BCUT2D eigenvalue weighted by molar-refractivity contribution is 0.102. The third-order valence-corrected chi connectivity index (χ3v) is 3.43. The molecule has 2 aromatic rings. The number of hydrogen-bond acceptors (Lipinski definition) is 5. The molecule has 0 saturated carbocycles. The maximum Gasteiger partial charge on any atom is 0.276 e. The molecule has 0 aliphatic rings. The molecule has 0 spiro atoms. The Labute approximate surface area is 133 Å². The minimum Gasteiger partial charge on any atom is -0.383 e. The van der Waals surface area contributed by atoms with Crippen LogP contribution in [0.3, 0.4) is 0 Å². The molecular formula is C15H17ClN4O2. The van der Waals surface area contributed by atoms with Crippen LogP contribution >= 0.6 is 11.6 Å². The van der Waals surface area contributed by atoms with Crippen molar-refractivity contribution in [3.05, 3.63) is 46.6 Å². The maximum absolute atomic E-state index is 12.2. The van der Waals surface area contributed by atoms with Crippen LogP contribution in [-0.4, -0.2) is 36.4 Å². The molecule has 6 nitrogen and oxygen atoms in total. The SMILES string of the molecule is COCCNc1ccc(C(=O)Nc2cccc(Cl)c2C)nn1. The highest BCUT2D eigenvalue weighted by atomic mass is 35.5. The minimum absolute atomic E-state index is 0.233. The molecule has 0 fully saturated rings.